The fourth-order valence-electron chi connectivity index (χ4n) is 1.38. The lowest BCUT2D eigenvalue weighted by Crippen LogP contribution is -1.88. The summed E-state index contributed by atoms with van der Waals surface area (Å²) in [7, 11) is 0. The number of alkyl halides is 1. The highest BCUT2D eigenvalue weighted by molar-refractivity contribution is 6.32. The minimum atomic E-state index is 0.384. The molecule has 0 unspecified atom stereocenters. The van der Waals surface area contributed by atoms with Crippen LogP contribution in [0.15, 0.2) is 42.5 Å². The first-order valence-electron chi connectivity index (χ1n) is 4.58. The Morgan fingerprint density at radius 1 is 1.00 bits per heavy atom. The first-order valence-corrected chi connectivity index (χ1v) is 5.49. The van der Waals surface area contributed by atoms with E-state index < -0.39 is 0 Å². The third-order valence-electron chi connectivity index (χ3n) is 2.13. The summed E-state index contributed by atoms with van der Waals surface area (Å²) in [5.74, 6) is 0.384. The van der Waals surface area contributed by atoms with Crippen LogP contribution in [0.5, 0.6) is 0 Å². The van der Waals surface area contributed by atoms with E-state index in [1.165, 1.54) is 0 Å². The summed E-state index contributed by atoms with van der Waals surface area (Å²) in [4.78, 5) is 4.20. The zero-order valence-electron chi connectivity index (χ0n) is 7.95. The van der Waals surface area contributed by atoms with Crippen LogP contribution in [0, 0.1) is 0 Å². The molecule has 76 valence electrons. The molecule has 0 aliphatic heterocycles. The first-order chi connectivity index (χ1) is 7.31. The molecule has 15 heavy (non-hydrogen) atoms. The van der Waals surface area contributed by atoms with Crippen LogP contribution in [-0.4, -0.2) is 4.98 Å². The maximum Gasteiger partial charge on any atom is 0.137 e. The van der Waals surface area contributed by atoms with E-state index in [0.717, 1.165) is 16.8 Å². The molecule has 2 aromatic rings. The van der Waals surface area contributed by atoms with Crippen LogP contribution in [-0.2, 0) is 5.88 Å². The van der Waals surface area contributed by atoms with Crippen LogP contribution >= 0.6 is 23.2 Å². The number of hydrogen-bond acceptors (Lipinski definition) is 1. The molecule has 0 N–H and O–H groups in total. The molecule has 1 nitrogen and oxygen atoms in total. The molecule has 0 saturated heterocycles. The first kappa shape index (κ1) is 10.5. The average molecular weight is 238 g/mol. The van der Waals surface area contributed by atoms with Gasteiger partial charge in [0.25, 0.3) is 0 Å². The summed E-state index contributed by atoms with van der Waals surface area (Å²) in [6.45, 7) is 0. The fourth-order valence-corrected chi connectivity index (χ4v) is 1.81. The number of aromatic nitrogens is 1. The van der Waals surface area contributed by atoms with Gasteiger partial charge in [-0.2, -0.15) is 0 Å². The molecule has 3 heteroatoms. The van der Waals surface area contributed by atoms with Gasteiger partial charge in [-0.25, -0.2) is 4.98 Å². The van der Waals surface area contributed by atoms with Gasteiger partial charge < -0.3 is 0 Å². The van der Waals surface area contributed by atoms with Gasteiger partial charge in [-0.3, -0.25) is 0 Å². The van der Waals surface area contributed by atoms with Crippen LogP contribution < -0.4 is 0 Å². The second-order valence-electron chi connectivity index (χ2n) is 3.14. The maximum atomic E-state index is 6.07. The van der Waals surface area contributed by atoms with Crippen LogP contribution in [0.4, 0.5) is 0 Å². The number of pyridine rings is 1. The van der Waals surface area contributed by atoms with E-state index in [-0.39, 0.29) is 0 Å². The lowest BCUT2D eigenvalue weighted by molar-refractivity contribution is 1.17. The summed E-state index contributed by atoms with van der Waals surface area (Å²) >= 11 is 11.7. The van der Waals surface area contributed by atoms with Crippen molar-refractivity contribution < 1.29 is 0 Å². The highest BCUT2D eigenvalue weighted by atomic mass is 35.5. The number of rotatable bonds is 2. The van der Waals surface area contributed by atoms with Crippen LogP contribution in [0.25, 0.3) is 11.1 Å². The Labute approximate surface area is 98.7 Å². The van der Waals surface area contributed by atoms with Gasteiger partial charge in [0.05, 0.1) is 11.6 Å². The molecule has 0 radical (unpaired) electrons. The smallest absolute Gasteiger partial charge is 0.137 e. The molecule has 0 atom stereocenters. The molecule has 0 aliphatic carbocycles. The van der Waals surface area contributed by atoms with Crippen LogP contribution in [0.3, 0.4) is 0 Å². The Morgan fingerprint density at radius 3 is 2.33 bits per heavy atom. The molecule has 0 amide bonds. The number of halogens is 2. The largest absolute Gasteiger partial charge is 0.239 e. The van der Waals surface area contributed by atoms with Crippen molar-refractivity contribution in [2.75, 3.05) is 0 Å². The normalized spacial score (nSPS) is 10.3. The van der Waals surface area contributed by atoms with Gasteiger partial charge in [0, 0.05) is 5.56 Å². The lowest BCUT2D eigenvalue weighted by atomic mass is 10.1. The molecule has 0 aliphatic rings. The molecule has 1 aromatic carbocycles. The predicted octanol–water partition coefficient (Wildman–Crippen LogP) is 4.14. The van der Waals surface area contributed by atoms with Crippen molar-refractivity contribution in [3.8, 4) is 11.1 Å². The monoisotopic (exact) mass is 237 g/mol. The van der Waals surface area contributed by atoms with Gasteiger partial charge in [0.15, 0.2) is 0 Å². The number of benzene rings is 1. The molecular weight excluding hydrogens is 229 g/mol. The molecule has 0 fully saturated rings. The van der Waals surface area contributed by atoms with Crippen molar-refractivity contribution >= 4 is 23.2 Å². The Hall–Kier alpha value is -1.05. The Bertz CT molecular complexity index is 454. The van der Waals surface area contributed by atoms with E-state index >= 15 is 0 Å². The van der Waals surface area contributed by atoms with E-state index in [9.17, 15) is 0 Å². The summed E-state index contributed by atoms with van der Waals surface area (Å²) in [5.41, 5.74) is 2.80. The molecule has 0 saturated carbocycles. The molecule has 1 heterocycles. The quantitative estimate of drug-likeness (QED) is 0.566. The molecular formula is C12H9Cl2N. The minimum Gasteiger partial charge on any atom is -0.239 e. The van der Waals surface area contributed by atoms with Gasteiger partial charge in [0.2, 0.25) is 0 Å². The second-order valence-corrected chi connectivity index (χ2v) is 3.77. The van der Waals surface area contributed by atoms with Crippen molar-refractivity contribution in [1.82, 2.24) is 4.98 Å². The zero-order chi connectivity index (χ0) is 10.7. The van der Waals surface area contributed by atoms with Crippen molar-refractivity contribution in [3.63, 3.8) is 0 Å². The fraction of sp³-hybridized carbons (Fsp3) is 0.0833. The number of nitrogens with zero attached hydrogens (tertiary/aromatic N) is 1. The average Bonchev–Trinajstić information content (AvgIpc) is 2.30. The molecule has 0 bridgehead atoms. The second kappa shape index (κ2) is 4.65. The Morgan fingerprint density at radius 2 is 1.73 bits per heavy atom. The van der Waals surface area contributed by atoms with Crippen LogP contribution in [0.2, 0.25) is 5.15 Å². The van der Waals surface area contributed by atoms with Gasteiger partial charge >= 0.3 is 0 Å². The van der Waals surface area contributed by atoms with Gasteiger partial charge in [-0.05, 0) is 17.7 Å². The summed E-state index contributed by atoms with van der Waals surface area (Å²) in [6.07, 6.45) is 0. The molecule has 2 rings (SSSR count). The Balaban J connectivity index is 2.46. The summed E-state index contributed by atoms with van der Waals surface area (Å²) < 4.78 is 0. The lowest BCUT2D eigenvalue weighted by Gasteiger charge is -2.04. The summed E-state index contributed by atoms with van der Waals surface area (Å²) in [5, 5.41) is 0.499. The summed E-state index contributed by atoms with van der Waals surface area (Å²) in [6, 6.07) is 13.8. The molecule has 0 spiro atoms. The van der Waals surface area contributed by atoms with Crippen molar-refractivity contribution in [3.05, 3.63) is 53.3 Å². The third kappa shape index (κ3) is 2.31. The topological polar surface area (TPSA) is 12.9 Å². The standard InChI is InChI=1S/C12H9Cl2N/c13-8-10-6-7-11(12(14)15-10)9-4-2-1-3-5-9/h1-7H,8H2. The minimum absolute atomic E-state index is 0.384. The van der Waals surface area contributed by atoms with Crippen molar-refractivity contribution in [2.24, 2.45) is 0 Å². The number of hydrogen-bond donors (Lipinski definition) is 0. The van der Waals surface area contributed by atoms with Gasteiger partial charge in [-0.1, -0.05) is 41.9 Å². The van der Waals surface area contributed by atoms with E-state index in [4.69, 9.17) is 23.2 Å². The highest BCUT2D eigenvalue weighted by Crippen LogP contribution is 2.26. The van der Waals surface area contributed by atoms with E-state index in [2.05, 4.69) is 4.98 Å². The van der Waals surface area contributed by atoms with Crippen molar-refractivity contribution in [2.45, 2.75) is 5.88 Å². The maximum absolute atomic E-state index is 6.07. The Kier molecular flexibility index (Phi) is 3.24. The third-order valence-corrected chi connectivity index (χ3v) is 2.69. The predicted molar refractivity (Wildman–Crippen MR) is 64.2 cm³/mol. The van der Waals surface area contributed by atoms with E-state index in [1.54, 1.807) is 0 Å². The van der Waals surface area contributed by atoms with Crippen molar-refractivity contribution in [1.29, 1.82) is 0 Å². The molecule has 1 aromatic heterocycles. The zero-order valence-corrected chi connectivity index (χ0v) is 9.46. The SMILES string of the molecule is ClCc1ccc(-c2ccccc2)c(Cl)n1. The highest BCUT2D eigenvalue weighted by Gasteiger charge is 2.04. The van der Waals surface area contributed by atoms with E-state index in [0.29, 0.717) is 11.0 Å². The van der Waals surface area contributed by atoms with E-state index in [1.807, 2.05) is 42.5 Å². The van der Waals surface area contributed by atoms with Crippen LogP contribution in [0.1, 0.15) is 5.69 Å². The van der Waals surface area contributed by atoms with Gasteiger partial charge in [0.1, 0.15) is 5.15 Å². The van der Waals surface area contributed by atoms with Gasteiger partial charge in [-0.15, -0.1) is 11.6 Å².